The molecular weight excluding hydrogens is 338 g/mol. The molecule has 1 heterocycles. The Morgan fingerprint density at radius 2 is 2.20 bits per heavy atom. The van der Waals surface area contributed by atoms with Crippen LogP contribution in [0.3, 0.4) is 0 Å². The first-order valence-corrected chi connectivity index (χ1v) is 8.03. The molecule has 0 saturated carbocycles. The predicted molar refractivity (Wildman–Crippen MR) is 87.2 cm³/mol. The lowest BCUT2D eigenvalue weighted by Gasteiger charge is -2.20. The highest BCUT2D eigenvalue weighted by molar-refractivity contribution is 9.10. The molecule has 3 nitrogen and oxygen atoms in total. The number of hydrogen-bond donors (Lipinski definition) is 1. The molecule has 1 atom stereocenters. The zero-order valence-electron chi connectivity index (χ0n) is 11.7. The quantitative estimate of drug-likeness (QED) is 0.831. The lowest BCUT2D eigenvalue weighted by Crippen LogP contribution is -2.25. The van der Waals surface area contributed by atoms with Crippen molar-refractivity contribution in [1.29, 1.82) is 0 Å². The minimum absolute atomic E-state index is 0.00606. The first-order chi connectivity index (χ1) is 9.67. The summed E-state index contributed by atoms with van der Waals surface area (Å²) in [6.07, 6.45) is 4.95. The van der Waals surface area contributed by atoms with E-state index in [1.54, 1.807) is 0 Å². The molecule has 0 radical (unpaired) electrons. The summed E-state index contributed by atoms with van der Waals surface area (Å²) in [5.74, 6) is 1.01. The molecule has 1 aromatic carbocycles. The van der Waals surface area contributed by atoms with Gasteiger partial charge >= 0.3 is 0 Å². The highest BCUT2D eigenvalue weighted by Gasteiger charge is 2.20. The molecule has 0 fully saturated rings. The van der Waals surface area contributed by atoms with Crippen LogP contribution in [0.25, 0.3) is 0 Å². The molecule has 108 valence electrons. The van der Waals surface area contributed by atoms with Crippen molar-refractivity contribution in [2.24, 2.45) is 0 Å². The van der Waals surface area contributed by atoms with Gasteiger partial charge in [0.1, 0.15) is 5.82 Å². The van der Waals surface area contributed by atoms with Gasteiger partial charge in [0.25, 0.3) is 0 Å². The molecule has 5 heteroatoms. The molecule has 0 aliphatic heterocycles. The summed E-state index contributed by atoms with van der Waals surface area (Å²) in [7, 11) is 0. The van der Waals surface area contributed by atoms with Gasteiger partial charge < -0.3 is 9.88 Å². The minimum atomic E-state index is 0.00606. The lowest BCUT2D eigenvalue weighted by atomic mass is 10.1. The van der Waals surface area contributed by atoms with E-state index < -0.39 is 0 Å². The van der Waals surface area contributed by atoms with Crippen LogP contribution in [0.15, 0.2) is 35.1 Å². The van der Waals surface area contributed by atoms with E-state index in [0.29, 0.717) is 0 Å². The average Bonchev–Trinajstić information content (AvgIpc) is 2.88. The molecule has 0 aliphatic rings. The van der Waals surface area contributed by atoms with Gasteiger partial charge in [-0.2, -0.15) is 0 Å². The second-order valence-electron chi connectivity index (χ2n) is 4.64. The number of imidazole rings is 1. The topological polar surface area (TPSA) is 29.9 Å². The van der Waals surface area contributed by atoms with E-state index in [-0.39, 0.29) is 6.04 Å². The zero-order chi connectivity index (χ0) is 14.5. The smallest absolute Gasteiger partial charge is 0.130 e. The average molecular weight is 357 g/mol. The molecule has 0 aliphatic carbocycles. The van der Waals surface area contributed by atoms with Gasteiger partial charge in [-0.25, -0.2) is 4.98 Å². The number of halogens is 2. The first kappa shape index (κ1) is 15.5. The van der Waals surface area contributed by atoms with Crippen molar-refractivity contribution in [1.82, 2.24) is 14.9 Å². The van der Waals surface area contributed by atoms with Gasteiger partial charge in [-0.1, -0.05) is 41.4 Å². The standard InChI is InChI=1S/C15H19BrClN3/c1-3-8-20-9-7-19-15(20)14(18-4-2)12-10-11(16)5-6-13(12)17/h5-7,9-10,14,18H,3-4,8H2,1-2H3. The molecule has 0 saturated heterocycles. The fraction of sp³-hybridized carbons (Fsp3) is 0.400. The molecule has 0 amide bonds. The van der Waals surface area contributed by atoms with E-state index in [1.165, 1.54) is 0 Å². The number of nitrogens with zero attached hydrogens (tertiary/aromatic N) is 2. The van der Waals surface area contributed by atoms with Gasteiger partial charge in [-0.15, -0.1) is 0 Å². The fourth-order valence-corrected chi connectivity index (χ4v) is 2.90. The number of aromatic nitrogens is 2. The van der Waals surface area contributed by atoms with Crippen molar-refractivity contribution < 1.29 is 0 Å². The van der Waals surface area contributed by atoms with Crippen LogP contribution >= 0.6 is 27.5 Å². The number of hydrogen-bond acceptors (Lipinski definition) is 2. The third-order valence-electron chi connectivity index (χ3n) is 3.15. The molecular formula is C15H19BrClN3. The molecule has 2 rings (SSSR count). The number of rotatable bonds is 6. The predicted octanol–water partition coefficient (Wildman–Crippen LogP) is 4.41. The van der Waals surface area contributed by atoms with Gasteiger partial charge in [-0.05, 0) is 36.7 Å². The maximum atomic E-state index is 6.38. The minimum Gasteiger partial charge on any atom is -0.333 e. The van der Waals surface area contributed by atoms with Crippen molar-refractivity contribution in [3.05, 3.63) is 51.5 Å². The molecule has 0 spiro atoms. The third kappa shape index (κ3) is 3.43. The maximum absolute atomic E-state index is 6.38. The van der Waals surface area contributed by atoms with E-state index >= 15 is 0 Å². The van der Waals surface area contributed by atoms with Crippen LogP contribution in [0, 0.1) is 0 Å². The van der Waals surface area contributed by atoms with Crippen LogP contribution < -0.4 is 5.32 Å². The molecule has 1 N–H and O–H groups in total. The zero-order valence-corrected chi connectivity index (χ0v) is 14.1. The molecule has 1 aromatic heterocycles. The molecule has 1 unspecified atom stereocenters. The van der Waals surface area contributed by atoms with E-state index in [2.05, 4.69) is 50.7 Å². The lowest BCUT2D eigenvalue weighted by molar-refractivity contribution is 0.544. The summed E-state index contributed by atoms with van der Waals surface area (Å²) in [6, 6.07) is 5.93. The Morgan fingerprint density at radius 1 is 1.40 bits per heavy atom. The Kier molecular flexibility index (Phi) is 5.64. The maximum Gasteiger partial charge on any atom is 0.130 e. The Hall–Kier alpha value is -0.840. The van der Waals surface area contributed by atoms with Crippen LogP contribution in [0.2, 0.25) is 5.02 Å². The first-order valence-electron chi connectivity index (χ1n) is 6.86. The second kappa shape index (κ2) is 7.25. The van der Waals surface area contributed by atoms with Gasteiger partial charge in [0.05, 0.1) is 6.04 Å². The number of benzene rings is 1. The normalized spacial score (nSPS) is 12.6. The summed E-state index contributed by atoms with van der Waals surface area (Å²) >= 11 is 9.89. The van der Waals surface area contributed by atoms with Crippen LogP contribution in [0.1, 0.15) is 37.7 Å². The van der Waals surface area contributed by atoms with E-state index in [4.69, 9.17) is 11.6 Å². The van der Waals surface area contributed by atoms with Crippen molar-refractivity contribution in [3.63, 3.8) is 0 Å². The van der Waals surface area contributed by atoms with E-state index in [1.807, 2.05) is 24.5 Å². The van der Waals surface area contributed by atoms with Crippen LogP contribution in [-0.4, -0.2) is 16.1 Å². The number of aryl methyl sites for hydroxylation is 1. The highest BCUT2D eigenvalue weighted by atomic mass is 79.9. The Labute approximate surface area is 133 Å². The fourth-order valence-electron chi connectivity index (χ4n) is 2.29. The summed E-state index contributed by atoms with van der Waals surface area (Å²) in [5.41, 5.74) is 1.05. The molecule has 0 bridgehead atoms. The van der Waals surface area contributed by atoms with Crippen LogP contribution in [-0.2, 0) is 6.54 Å². The summed E-state index contributed by atoms with van der Waals surface area (Å²) in [6.45, 7) is 6.07. The van der Waals surface area contributed by atoms with Crippen LogP contribution in [0.4, 0.5) is 0 Å². The summed E-state index contributed by atoms with van der Waals surface area (Å²) in [5, 5.41) is 4.23. The van der Waals surface area contributed by atoms with Crippen molar-refractivity contribution in [3.8, 4) is 0 Å². The highest BCUT2D eigenvalue weighted by Crippen LogP contribution is 2.30. The Morgan fingerprint density at radius 3 is 2.90 bits per heavy atom. The second-order valence-corrected chi connectivity index (χ2v) is 5.96. The van der Waals surface area contributed by atoms with Gasteiger partial charge in [-0.3, -0.25) is 0 Å². The number of nitrogens with one attached hydrogen (secondary N) is 1. The van der Waals surface area contributed by atoms with E-state index in [0.717, 1.165) is 40.4 Å². The third-order valence-corrected chi connectivity index (χ3v) is 3.99. The Balaban J connectivity index is 2.44. The Bertz CT molecular complexity index is 568. The largest absolute Gasteiger partial charge is 0.333 e. The van der Waals surface area contributed by atoms with Gasteiger partial charge in [0.15, 0.2) is 0 Å². The van der Waals surface area contributed by atoms with Gasteiger partial charge in [0.2, 0.25) is 0 Å². The molecule has 2 aromatic rings. The SMILES string of the molecule is CCCn1ccnc1C(NCC)c1cc(Br)ccc1Cl. The summed E-state index contributed by atoms with van der Waals surface area (Å²) < 4.78 is 3.21. The van der Waals surface area contributed by atoms with Crippen LogP contribution in [0.5, 0.6) is 0 Å². The molecule has 20 heavy (non-hydrogen) atoms. The van der Waals surface area contributed by atoms with Crippen molar-refractivity contribution in [2.45, 2.75) is 32.9 Å². The van der Waals surface area contributed by atoms with E-state index in [9.17, 15) is 0 Å². The van der Waals surface area contributed by atoms with Crippen molar-refractivity contribution >= 4 is 27.5 Å². The monoisotopic (exact) mass is 355 g/mol. The summed E-state index contributed by atoms with van der Waals surface area (Å²) in [4.78, 5) is 4.53. The van der Waals surface area contributed by atoms with Crippen molar-refractivity contribution in [2.75, 3.05) is 6.54 Å². The van der Waals surface area contributed by atoms with Gasteiger partial charge in [0, 0.05) is 28.4 Å².